The van der Waals surface area contributed by atoms with Crippen molar-refractivity contribution in [2.24, 2.45) is 35.4 Å². The maximum absolute atomic E-state index is 5.93. The van der Waals surface area contributed by atoms with E-state index in [2.05, 4.69) is 37.5 Å². The second-order valence-corrected chi connectivity index (χ2v) is 7.07. The van der Waals surface area contributed by atoms with Gasteiger partial charge in [0.2, 0.25) is 0 Å². The predicted octanol–water partition coefficient (Wildman–Crippen LogP) is 3.10. The van der Waals surface area contributed by atoms with E-state index in [9.17, 15) is 0 Å². The molecule has 3 fully saturated rings. The summed E-state index contributed by atoms with van der Waals surface area (Å²) in [5.41, 5.74) is 7.30. The van der Waals surface area contributed by atoms with Crippen molar-refractivity contribution in [2.45, 2.75) is 39.2 Å². The van der Waals surface area contributed by atoms with Crippen LogP contribution in [-0.2, 0) is 0 Å². The van der Waals surface area contributed by atoms with Crippen LogP contribution in [0.5, 0.6) is 0 Å². The Bertz CT molecular complexity index is 494. The number of hydrazine groups is 1. The summed E-state index contributed by atoms with van der Waals surface area (Å²) < 4.78 is 0. The molecular weight excluding hydrogens is 232 g/mol. The number of hydrogen-bond donors (Lipinski definition) is 2. The van der Waals surface area contributed by atoms with Gasteiger partial charge >= 0.3 is 0 Å². The molecule has 2 nitrogen and oxygen atoms in total. The topological polar surface area (TPSA) is 38.0 Å². The lowest BCUT2D eigenvalue weighted by atomic mass is 9.90. The van der Waals surface area contributed by atoms with Gasteiger partial charge in [-0.05, 0) is 73.8 Å². The third-order valence-electron chi connectivity index (χ3n) is 6.13. The van der Waals surface area contributed by atoms with Crippen molar-refractivity contribution in [3.05, 3.63) is 34.9 Å². The Morgan fingerprint density at radius 3 is 2.47 bits per heavy atom. The van der Waals surface area contributed by atoms with Gasteiger partial charge in [0.05, 0.1) is 0 Å². The first-order chi connectivity index (χ1) is 9.20. The molecule has 19 heavy (non-hydrogen) atoms. The summed E-state index contributed by atoms with van der Waals surface area (Å²) in [6.45, 7) is 4.39. The Balaban J connectivity index is 1.64. The first kappa shape index (κ1) is 11.9. The zero-order valence-corrected chi connectivity index (χ0v) is 11.9. The van der Waals surface area contributed by atoms with Gasteiger partial charge < -0.3 is 0 Å². The van der Waals surface area contributed by atoms with Crippen molar-refractivity contribution < 1.29 is 0 Å². The first-order valence-electron chi connectivity index (χ1n) is 7.74. The molecule has 3 saturated carbocycles. The molecule has 0 aliphatic heterocycles. The smallest absolute Gasteiger partial charge is 0.0496 e. The van der Waals surface area contributed by atoms with Gasteiger partial charge in [-0.1, -0.05) is 23.8 Å². The number of fused-ring (bicyclic) bond motifs is 5. The summed E-state index contributed by atoms with van der Waals surface area (Å²) in [5, 5.41) is 0. The first-order valence-corrected chi connectivity index (χ1v) is 7.74. The maximum atomic E-state index is 5.93. The van der Waals surface area contributed by atoms with Crippen molar-refractivity contribution in [1.29, 1.82) is 0 Å². The average molecular weight is 256 g/mol. The van der Waals surface area contributed by atoms with Crippen LogP contribution in [0.15, 0.2) is 18.2 Å². The molecule has 0 aromatic heterocycles. The highest BCUT2D eigenvalue weighted by atomic mass is 15.2. The van der Waals surface area contributed by atoms with Crippen molar-refractivity contribution >= 4 is 0 Å². The molecule has 2 heteroatoms. The van der Waals surface area contributed by atoms with Crippen LogP contribution >= 0.6 is 0 Å². The van der Waals surface area contributed by atoms with Crippen LogP contribution in [0, 0.1) is 43.4 Å². The summed E-state index contributed by atoms with van der Waals surface area (Å²) in [7, 11) is 0. The van der Waals surface area contributed by atoms with Crippen LogP contribution in [0.1, 0.15) is 42.0 Å². The van der Waals surface area contributed by atoms with Gasteiger partial charge in [0.15, 0.2) is 0 Å². The van der Waals surface area contributed by atoms with E-state index in [0.29, 0.717) is 6.04 Å². The van der Waals surface area contributed by atoms with E-state index in [1.165, 1.54) is 36.0 Å². The monoisotopic (exact) mass is 256 g/mol. The molecule has 4 rings (SSSR count). The molecule has 2 bridgehead atoms. The Morgan fingerprint density at radius 2 is 1.84 bits per heavy atom. The molecule has 1 aromatic carbocycles. The number of nitrogens with one attached hydrogen (secondary N) is 1. The molecule has 0 heterocycles. The largest absolute Gasteiger partial charge is 0.271 e. The fraction of sp³-hybridized carbons (Fsp3) is 0.647. The van der Waals surface area contributed by atoms with E-state index in [1.807, 2.05) is 0 Å². The van der Waals surface area contributed by atoms with Gasteiger partial charge in [-0.25, -0.2) is 0 Å². The summed E-state index contributed by atoms with van der Waals surface area (Å²) in [6.07, 6.45) is 4.47. The van der Waals surface area contributed by atoms with Gasteiger partial charge in [0.1, 0.15) is 0 Å². The van der Waals surface area contributed by atoms with Gasteiger partial charge in [0, 0.05) is 6.04 Å². The van der Waals surface area contributed by atoms with Crippen molar-refractivity contribution in [1.82, 2.24) is 5.43 Å². The lowest BCUT2D eigenvalue weighted by Crippen LogP contribution is -2.32. The quantitative estimate of drug-likeness (QED) is 0.644. The van der Waals surface area contributed by atoms with Gasteiger partial charge in [-0.3, -0.25) is 11.3 Å². The van der Waals surface area contributed by atoms with Crippen molar-refractivity contribution in [3.63, 3.8) is 0 Å². The number of benzene rings is 1. The fourth-order valence-electron chi connectivity index (χ4n) is 5.34. The third-order valence-corrected chi connectivity index (χ3v) is 6.13. The van der Waals surface area contributed by atoms with E-state index in [1.54, 1.807) is 0 Å². The number of hydrogen-bond acceptors (Lipinski definition) is 2. The van der Waals surface area contributed by atoms with E-state index in [0.717, 1.165) is 29.6 Å². The Kier molecular flexibility index (Phi) is 2.55. The van der Waals surface area contributed by atoms with Gasteiger partial charge in [-0.15, -0.1) is 0 Å². The standard InChI is InChI=1S/C17H24N2/c1-9-3-4-10(2)13(7-9)17(19-18)16-14-11-5-6-12(8-11)15(14)16/h3-4,7,11-12,14-17,19H,5-6,8,18H2,1-2H3. The second-order valence-electron chi connectivity index (χ2n) is 7.07. The van der Waals surface area contributed by atoms with Crippen LogP contribution in [0.3, 0.4) is 0 Å². The Hall–Kier alpha value is -0.860. The summed E-state index contributed by atoms with van der Waals surface area (Å²) >= 11 is 0. The molecule has 3 aliphatic rings. The molecule has 3 aliphatic carbocycles. The number of rotatable bonds is 3. The minimum atomic E-state index is 0.373. The Morgan fingerprint density at radius 1 is 1.16 bits per heavy atom. The minimum Gasteiger partial charge on any atom is -0.271 e. The molecule has 1 aromatic rings. The highest BCUT2D eigenvalue weighted by molar-refractivity contribution is 5.35. The molecular formula is C17H24N2. The molecule has 3 N–H and O–H groups in total. The zero-order valence-electron chi connectivity index (χ0n) is 11.9. The maximum Gasteiger partial charge on any atom is 0.0496 e. The predicted molar refractivity (Wildman–Crippen MR) is 77.3 cm³/mol. The zero-order chi connectivity index (χ0) is 13.1. The highest BCUT2D eigenvalue weighted by Crippen LogP contribution is 2.72. The van der Waals surface area contributed by atoms with Crippen LogP contribution in [0.25, 0.3) is 0 Å². The van der Waals surface area contributed by atoms with Gasteiger partial charge in [0.25, 0.3) is 0 Å². The van der Waals surface area contributed by atoms with E-state index in [-0.39, 0.29) is 0 Å². The number of aryl methyl sites for hydroxylation is 2. The minimum absolute atomic E-state index is 0.373. The average Bonchev–Trinajstić information content (AvgIpc) is 2.82. The lowest BCUT2D eigenvalue weighted by Gasteiger charge is -2.22. The summed E-state index contributed by atoms with van der Waals surface area (Å²) in [5.74, 6) is 10.7. The molecule has 102 valence electrons. The van der Waals surface area contributed by atoms with Crippen LogP contribution in [0.4, 0.5) is 0 Å². The normalized spacial score (nSPS) is 40.3. The second kappa shape index (κ2) is 4.07. The fourth-order valence-corrected chi connectivity index (χ4v) is 5.34. The van der Waals surface area contributed by atoms with Crippen LogP contribution in [0.2, 0.25) is 0 Å². The molecule has 0 radical (unpaired) electrons. The lowest BCUT2D eigenvalue weighted by molar-refractivity contribution is 0.373. The summed E-state index contributed by atoms with van der Waals surface area (Å²) in [4.78, 5) is 0. The van der Waals surface area contributed by atoms with Crippen LogP contribution in [-0.4, -0.2) is 0 Å². The summed E-state index contributed by atoms with van der Waals surface area (Å²) in [6, 6.07) is 7.14. The number of nitrogens with two attached hydrogens (primary N) is 1. The molecule has 0 saturated heterocycles. The molecule has 5 atom stereocenters. The molecule has 0 amide bonds. The molecule has 0 spiro atoms. The van der Waals surface area contributed by atoms with E-state index >= 15 is 0 Å². The van der Waals surface area contributed by atoms with Crippen molar-refractivity contribution in [2.75, 3.05) is 0 Å². The SMILES string of the molecule is Cc1ccc(C)c(C(NN)C2C3C4CCC(C4)C32)c1. The van der Waals surface area contributed by atoms with E-state index < -0.39 is 0 Å². The van der Waals surface area contributed by atoms with Crippen molar-refractivity contribution in [3.8, 4) is 0 Å². The van der Waals surface area contributed by atoms with Gasteiger partial charge in [-0.2, -0.15) is 0 Å². The highest BCUT2D eigenvalue weighted by Gasteiger charge is 2.66. The van der Waals surface area contributed by atoms with E-state index in [4.69, 9.17) is 5.84 Å². The third kappa shape index (κ3) is 1.63. The molecule has 5 unspecified atom stereocenters. The Labute approximate surface area is 115 Å². The van der Waals surface area contributed by atoms with Crippen LogP contribution < -0.4 is 11.3 Å².